The molecule has 0 aromatic heterocycles. The summed E-state index contributed by atoms with van der Waals surface area (Å²) in [5.74, 6) is -2.74. The second-order valence-corrected chi connectivity index (χ2v) is 2.11. The van der Waals surface area contributed by atoms with Gasteiger partial charge in [0, 0.05) is 0 Å². The van der Waals surface area contributed by atoms with Crippen LogP contribution in [-0.2, 0) is 14.3 Å². The van der Waals surface area contributed by atoms with E-state index < -0.39 is 11.9 Å². The van der Waals surface area contributed by atoms with Gasteiger partial charge in [-0.25, -0.2) is 9.59 Å². The van der Waals surface area contributed by atoms with E-state index in [1.807, 2.05) is 19.1 Å². The maximum absolute atomic E-state index is 10.3. The number of allylic oxidation sites excluding steroid dienone is 1. The molecule has 0 rings (SSSR count). The van der Waals surface area contributed by atoms with Crippen LogP contribution in [0.5, 0.6) is 0 Å². The molecule has 0 aliphatic carbocycles. The third-order valence-electron chi connectivity index (χ3n) is 1.09. The first-order valence-corrected chi connectivity index (χ1v) is 3.73. The number of ether oxygens (including phenoxy) is 1. The van der Waals surface area contributed by atoms with E-state index >= 15 is 0 Å². The van der Waals surface area contributed by atoms with Gasteiger partial charge in [-0.2, -0.15) is 0 Å². The van der Waals surface area contributed by atoms with Crippen molar-refractivity contribution in [3.8, 4) is 0 Å². The lowest BCUT2D eigenvalue weighted by Gasteiger charge is -1.96. The van der Waals surface area contributed by atoms with Gasteiger partial charge in [0.15, 0.2) is 0 Å². The Labute approximate surface area is 70.8 Å². The summed E-state index contributed by atoms with van der Waals surface area (Å²) in [5, 5.41) is 8.09. The van der Waals surface area contributed by atoms with E-state index in [9.17, 15) is 9.59 Å². The summed E-state index contributed by atoms with van der Waals surface area (Å²) in [4.78, 5) is 20.3. The van der Waals surface area contributed by atoms with Crippen LogP contribution in [0.25, 0.3) is 0 Å². The van der Waals surface area contributed by atoms with Crippen molar-refractivity contribution < 1.29 is 19.4 Å². The van der Waals surface area contributed by atoms with Crippen molar-refractivity contribution in [2.75, 3.05) is 6.61 Å². The van der Waals surface area contributed by atoms with Crippen LogP contribution in [0, 0.1) is 0 Å². The molecule has 1 N–H and O–H groups in total. The molecule has 0 unspecified atom stereocenters. The lowest BCUT2D eigenvalue weighted by Crippen LogP contribution is -2.16. The van der Waals surface area contributed by atoms with Crippen LogP contribution in [0.3, 0.4) is 0 Å². The highest BCUT2D eigenvalue weighted by atomic mass is 16.6. The molecule has 0 saturated carbocycles. The summed E-state index contributed by atoms with van der Waals surface area (Å²) in [5.41, 5.74) is 0. The average Bonchev–Trinajstić information content (AvgIpc) is 2.03. The predicted molar refractivity (Wildman–Crippen MR) is 42.6 cm³/mol. The Kier molecular flexibility index (Phi) is 5.69. The minimum absolute atomic E-state index is 0.127. The number of aliphatic carboxylic acids is 1. The molecule has 0 aliphatic rings. The van der Waals surface area contributed by atoms with E-state index in [-0.39, 0.29) is 6.61 Å². The SMILES string of the molecule is CCC=CCCOC(=O)C(=O)O. The fourth-order valence-electron chi connectivity index (χ4n) is 0.566. The van der Waals surface area contributed by atoms with Gasteiger partial charge >= 0.3 is 11.9 Å². The molecule has 0 atom stereocenters. The van der Waals surface area contributed by atoms with E-state index in [4.69, 9.17) is 5.11 Å². The molecule has 0 aromatic carbocycles. The molecule has 0 aromatic rings. The van der Waals surface area contributed by atoms with Gasteiger partial charge in [-0.05, 0) is 12.8 Å². The molecule has 0 spiro atoms. The van der Waals surface area contributed by atoms with Gasteiger partial charge < -0.3 is 9.84 Å². The minimum atomic E-state index is -1.55. The molecule has 0 bridgehead atoms. The number of carbonyl (C=O) groups is 2. The summed E-state index contributed by atoms with van der Waals surface area (Å²) < 4.78 is 4.36. The summed E-state index contributed by atoms with van der Waals surface area (Å²) in [6.07, 6.45) is 5.25. The maximum Gasteiger partial charge on any atom is 0.417 e. The Morgan fingerprint density at radius 2 is 2.08 bits per heavy atom. The Morgan fingerprint density at radius 3 is 2.58 bits per heavy atom. The van der Waals surface area contributed by atoms with Crippen molar-refractivity contribution >= 4 is 11.9 Å². The number of rotatable bonds is 4. The van der Waals surface area contributed by atoms with Crippen LogP contribution in [0.2, 0.25) is 0 Å². The largest absolute Gasteiger partial charge is 0.473 e. The van der Waals surface area contributed by atoms with Crippen molar-refractivity contribution in [3.05, 3.63) is 12.2 Å². The lowest BCUT2D eigenvalue weighted by atomic mass is 10.3. The van der Waals surface area contributed by atoms with Crippen molar-refractivity contribution in [2.45, 2.75) is 19.8 Å². The molecular formula is C8H12O4. The summed E-state index contributed by atoms with van der Waals surface area (Å²) in [6.45, 7) is 2.11. The van der Waals surface area contributed by atoms with Crippen molar-refractivity contribution in [2.24, 2.45) is 0 Å². The lowest BCUT2D eigenvalue weighted by molar-refractivity contribution is -0.163. The molecule has 4 heteroatoms. The number of esters is 1. The second kappa shape index (κ2) is 6.39. The molecule has 0 heterocycles. The second-order valence-electron chi connectivity index (χ2n) is 2.11. The highest BCUT2D eigenvalue weighted by molar-refractivity contribution is 6.28. The highest BCUT2D eigenvalue weighted by Gasteiger charge is 2.10. The van der Waals surface area contributed by atoms with Crippen LogP contribution < -0.4 is 0 Å². The zero-order valence-corrected chi connectivity index (χ0v) is 6.95. The van der Waals surface area contributed by atoms with Gasteiger partial charge in [-0.15, -0.1) is 0 Å². The number of hydrogen-bond acceptors (Lipinski definition) is 3. The summed E-state index contributed by atoms with van der Waals surface area (Å²) >= 11 is 0. The number of carboxylic acids is 1. The van der Waals surface area contributed by atoms with Crippen LogP contribution in [0.1, 0.15) is 19.8 Å². The molecule has 0 fully saturated rings. The van der Waals surface area contributed by atoms with Crippen LogP contribution in [0.4, 0.5) is 0 Å². The maximum atomic E-state index is 10.3. The normalized spacial score (nSPS) is 10.1. The Bertz CT molecular complexity index is 183. The molecule has 68 valence electrons. The van der Waals surface area contributed by atoms with Gasteiger partial charge in [0.2, 0.25) is 0 Å². The first kappa shape index (κ1) is 10.7. The van der Waals surface area contributed by atoms with Crippen molar-refractivity contribution in [1.82, 2.24) is 0 Å². The van der Waals surface area contributed by atoms with E-state index in [0.29, 0.717) is 6.42 Å². The fourth-order valence-corrected chi connectivity index (χ4v) is 0.566. The Hall–Kier alpha value is -1.32. The molecular weight excluding hydrogens is 160 g/mol. The predicted octanol–water partition coefficient (Wildman–Crippen LogP) is 0.970. The first-order chi connectivity index (χ1) is 5.68. The summed E-state index contributed by atoms with van der Waals surface area (Å²) in [7, 11) is 0. The number of carboxylic acid groups (broad SMARTS) is 1. The molecule has 0 amide bonds. The van der Waals surface area contributed by atoms with Crippen molar-refractivity contribution in [1.29, 1.82) is 0 Å². The average molecular weight is 172 g/mol. The first-order valence-electron chi connectivity index (χ1n) is 3.73. The van der Waals surface area contributed by atoms with Gasteiger partial charge in [0.25, 0.3) is 0 Å². The van der Waals surface area contributed by atoms with Gasteiger partial charge in [0.05, 0.1) is 6.61 Å². The third kappa shape index (κ3) is 5.46. The molecule has 4 nitrogen and oxygen atoms in total. The van der Waals surface area contributed by atoms with Crippen LogP contribution in [0.15, 0.2) is 12.2 Å². The highest BCUT2D eigenvalue weighted by Crippen LogP contribution is 1.88. The Balaban J connectivity index is 3.38. The number of carbonyl (C=O) groups excluding carboxylic acids is 1. The fraction of sp³-hybridized carbons (Fsp3) is 0.500. The van der Waals surface area contributed by atoms with Gasteiger partial charge in [0.1, 0.15) is 0 Å². The Morgan fingerprint density at radius 1 is 1.42 bits per heavy atom. The van der Waals surface area contributed by atoms with Gasteiger partial charge in [-0.1, -0.05) is 19.1 Å². The zero-order chi connectivity index (χ0) is 9.40. The van der Waals surface area contributed by atoms with Crippen molar-refractivity contribution in [3.63, 3.8) is 0 Å². The molecule has 0 radical (unpaired) electrons. The molecule has 12 heavy (non-hydrogen) atoms. The van der Waals surface area contributed by atoms with Gasteiger partial charge in [-0.3, -0.25) is 0 Å². The smallest absolute Gasteiger partial charge is 0.417 e. The molecule has 0 saturated heterocycles. The standard InChI is InChI=1S/C8H12O4/c1-2-3-4-5-6-12-8(11)7(9)10/h3-4H,2,5-6H2,1H3,(H,9,10). The quantitative estimate of drug-likeness (QED) is 0.297. The monoisotopic (exact) mass is 172 g/mol. The minimum Gasteiger partial charge on any atom is -0.473 e. The van der Waals surface area contributed by atoms with Crippen LogP contribution in [-0.4, -0.2) is 23.7 Å². The van der Waals surface area contributed by atoms with E-state index in [1.54, 1.807) is 0 Å². The summed E-state index contributed by atoms with van der Waals surface area (Å²) in [6, 6.07) is 0. The zero-order valence-electron chi connectivity index (χ0n) is 6.95. The van der Waals surface area contributed by atoms with E-state index in [2.05, 4.69) is 4.74 Å². The molecule has 0 aliphatic heterocycles. The number of hydrogen-bond donors (Lipinski definition) is 1. The van der Waals surface area contributed by atoms with Crippen LogP contribution >= 0.6 is 0 Å². The van der Waals surface area contributed by atoms with E-state index in [1.165, 1.54) is 0 Å². The third-order valence-corrected chi connectivity index (χ3v) is 1.09. The topological polar surface area (TPSA) is 63.6 Å². The van der Waals surface area contributed by atoms with E-state index in [0.717, 1.165) is 6.42 Å².